The summed E-state index contributed by atoms with van der Waals surface area (Å²) in [6.07, 6.45) is 3.32. The normalized spacial score (nSPS) is 12.4. The molecule has 0 aliphatic carbocycles. The van der Waals surface area contributed by atoms with E-state index in [1.807, 2.05) is 13.8 Å². The fourth-order valence-electron chi connectivity index (χ4n) is 1.23. The fraction of sp³-hybridized carbons (Fsp3) is 0.583. The Bertz CT molecular complexity index is 337. The van der Waals surface area contributed by atoms with Crippen molar-refractivity contribution < 1.29 is 19.5 Å². The van der Waals surface area contributed by atoms with Crippen molar-refractivity contribution in [1.82, 2.24) is 10.6 Å². The molecule has 0 saturated heterocycles. The van der Waals surface area contributed by atoms with Crippen LogP contribution in [0.5, 0.6) is 0 Å². The first-order chi connectivity index (χ1) is 8.36. The van der Waals surface area contributed by atoms with E-state index in [1.54, 1.807) is 6.08 Å². The van der Waals surface area contributed by atoms with Crippen LogP contribution in [-0.4, -0.2) is 36.0 Å². The van der Waals surface area contributed by atoms with Gasteiger partial charge in [-0.05, 0) is 18.4 Å². The summed E-state index contributed by atoms with van der Waals surface area (Å²) in [6.45, 7) is 4.03. The van der Waals surface area contributed by atoms with Crippen molar-refractivity contribution in [3.63, 3.8) is 0 Å². The van der Waals surface area contributed by atoms with E-state index in [0.29, 0.717) is 5.92 Å². The van der Waals surface area contributed by atoms with Crippen molar-refractivity contribution in [2.75, 3.05) is 7.05 Å². The van der Waals surface area contributed by atoms with Crippen LogP contribution in [0.3, 0.4) is 0 Å². The number of aliphatic carboxylic acids is 1. The summed E-state index contributed by atoms with van der Waals surface area (Å²) in [5.74, 6) is -1.70. The first-order valence-corrected chi connectivity index (χ1v) is 5.77. The van der Waals surface area contributed by atoms with E-state index in [9.17, 15) is 14.4 Å². The molecule has 1 unspecified atom stereocenters. The van der Waals surface area contributed by atoms with E-state index in [-0.39, 0.29) is 0 Å². The Morgan fingerprint density at radius 2 is 1.89 bits per heavy atom. The Balaban J connectivity index is 4.39. The lowest BCUT2D eigenvalue weighted by Gasteiger charge is -2.13. The molecular formula is C12H20N2O4. The number of carboxylic acid groups (broad SMARTS) is 1. The van der Waals surface area contributed by atoms with Gasteiger partial charge in [0.2, 0.25) is 11.8 Å². The third kappa shape index (κ3) is 7.43. The number of hydrogen-bond acceptors (Lipinski definition) is 3. The second kappa shape index (κ2) is 8.27. The summed E-state index contributed by atoms with van der Waals surface area (Å²) in [4.78, 5) is 33.4. The molecule has 0 bridgehead atoms. The molecule has 2 amide bonds. The van der Waals surface area contributed by atoms with Gasteiger partial charge in [-0.25, -0.2) is 0 Å². The van der Waals surface area contributed by atoms with Crippen molar-refractivity contribution in [2.24, 2.45) is 5.92 Å². The topological polar surface area (TPSA) is 95.5 Å². The maximum Gasteiger partial charge on any atom is 0.305 e. The Morgan fingerprint density at radius 3 is 2.33 bits per heavy atom. The van der Waals surface area contributed by atoms with Gasteiger partial charge >= 0.3 is 5.97 Å². The van der Waals surface area contributed by atoms with Gasteiger partial charge in [0.05, 0.1) is 6.42 Å². The van der Waals surface area contributed by atoms with Gasteiger partial charge in [-0.1, -0.05) is 19.9 Å². The zero-order valence-corrected chi connectivity index (χ0v) is 10.9. The van der Waals surface area contributed by atoms with Crippen LogP contribution in [-0.2, 0) is 14.4 Å². The van der Waals surface area contributed by atoms with Crippen LogP contribution in [0.1, 0.15) is 26.7 Å². The first kappa shape index (κ1) is 16.1. The molecule has 0 aromatic rings. The van der Waals surface area contributed by atoms with Crippen LogP contribution in [0.15, 0.2) is 12.2 Å². The minimum atomic E-state index is -1.14. The largest absolute Gasteiger partial charge is 0.481 e. The van der Waals surface area contributed by atoms with Crippen LogP contribution in [0, 0.1) is 5.92 Å². The Hall–Kier alpha value is -1.85. The maximum absolute atomic E-state index is 11.5. The van der Waals surface area contributed by atoms with Crippen molar-refractivity contribution in [2.45, 2.75) is 32.7 Å². The SMILES string of the molecule is CNC(=O)C(CC(=O)O)NC(=O)/C=C/CC(C)C. The number of carbonyl (C=O) groups excluding carboxylic acids is 2. The molecule has 1 atom stereocenters. The summed E-state index contributed by atoms with van der Waals surface area (Å²) >= 11 is 0. The van der Waals surface area contributed by atoms with Gasteiger partial charge in [-0.15, -0.1) is 0 Å². The Labute approximate surface area is 106 Å². The van der Waals surface area contributed by atoms with Crippen molar-refractivity contribution in [1.29, 1.82) is 0 Å². The molecule has 6 heteroatoms. The molecule has 0 heterocycles. The van der Waals surface area contributed by atoms with Gasteiger partial charge in [-0.3, -0.25) is 14.4 Å². The molecule has 18 heavy (non-hydrogen) atoms. The molecule has 0 spiro atoms. The third-order valence-corrected chi connectivity index (χ3v) is 2.13. The summed E-state index contributed by atoms with van der Waals surface area (Å²) in [5.41, 5.74) is 0. The van der Waals surface area contributed by atoms with Gasteiger partial charge in [0.15, 0.2) is 0 Å². The second-order valence-corrected chi connectivity index (χ2v) is 4.31. The molecule has 0 radical (unpaired) electrons. The monoisotopic (exact) mass is 256 g/mol. The quantitative estimate of drug-likeness (QED) is 0.571. The minimum Gasteiger partial charge on any atom is -0.481 e. The highest BCUT2D eigenvalue weighted by atomic mass is 16.4. The molecule has 0 rings (SSSR count). The van der Waals surface area contributed by atoms with Gasteiger partial charge < -0.3 is 15.7 Å². The van der Waals surface area contributed by atoms with Gasteiger partial charge in [-0.2, -0.15) is 0 Å². The molecule has 0 aliphatic heterocycles. The highest BCUT2D eigenvalue weighted by molar-refractivity contribution is 5.94. The maximum atomic E-state index is 11.5. The summed E-state index contributed by atoms with van der Waals surface area (Å²) < 4.78 is 0. The van der Waals surface area contributed by atoms with E-state index in [1.165, 1.54) is 13.1 Å². The summed E-state index contributed by atoms with van der Waals surface area (Å²) in [6, 6.07) is -1.05. The molecule has 102 valence electrons. The van der Waals surface area contributed by atoms with Crippen LogP contribution in [0.4, 0.5) is 0 Å². The number of allylic oxidation sites excluding steroid dienone is 1. The minimum absolute atomic E-state index is 0.433. The van der Waals surface area contributed by atoms with Crippen molar-refractivity contribution >= 4 is 17.8 Å². The standard InChI is InChI=1S/C12H20N2O4/c1-8(2)5-4-6-10(15)14-9(7-11(16)17)12(18)13-3/h4,6,8-9H,5,7H2,1-3H3,(H,13,18)(H,14,15)(H,16,17)/b6-4+. The van der Waals surface area contributed by atoms with Crippen LogP contribution < -0.4 is 10.6 Å². The van der Waals surface area contributed by atoms with E-state index in [4.69, 9.17) is 5.11 Å². The second-order valence-electron chi connectivity index (χ2n) is 4.31. The van der Waals surface area contributed by atoms with E-state index >= 15 is 0 Å². The van der Waals surface area contributed by atoms with E-state index < -0.39 is 30.2 Å². The first-order valence-electron chi connectivity index (χ1n) is 5.77. The lowest BCUT2D eigenvalue weighted by molar-refractivity contribution is -0.140. The number of nitrogens with one attached hydrogen (secondary N) is 2. The third-order valence-electron chi connectivity index (χ3n) is 2.13. The molecule has 3 N–H and O–H groups in total. The van der Waals surface area contributed by atoms with E-state index in [2.05, 4.69) is 10.6 Å². The summed E-state index contributed by atoms with van der Waals surface area (Å²) in [7, 11) is 1.39. The average Bonchev–Trinajstić information content (AvgIpc) is 2.25. The predicted molar refractivity (Wildman–Crippen MR) is 66.8 cm³/mol. The molecule has 0 saturated carbocycles. The fourth-order valence-corrected chi connectivity index (χ4v) is 1.23. The molecular weight excluding hydrogens is 236 g/mol. The number of hydrogen-bond donors (Lipinski definition) is 3. The van der Waals surface area contributed by atoms with E-state index in [0.717, 1.165) is 6.42 Å². The lowest BCUT2D eigenvalue weighted by Crippen LogP contribution is -2.46. The van der Waals surface area contributed by atoms with Crippen molar-refractivity contribution in [3.05, 3.63) is 12.2 Å². The number of amides is 2. The number of carboxylic acids is 1. The number of likely N-dealkylation sites (N-methyl/N-ethyl adjacent to an activating group) is 1. The predicted octanol–water partition coefficient (Wildman–Crippen LogP) is 0.294. The van der Waals surface area contributed by atoms with Crippen molar-refractivity contribution in [3.8, 4) is 0 Å². The van der Waals surface area contributed by atoms with Gasteiger partial charge in [0, 0.05) is 7.05 Å². The molecule has 0 aromatic carbocycles. The van der Waals surface area contributed by atoms with Gasteiger partial charge in [0.25, 0.3) is 0 Å². The zero-order chi connectivity index (χ0) is 14.1. The average molecular weight is 256 g/mol. The Morgan fingerprint density at radius 1 is 1.28 bits per heavy atom. The highest BCUT2D eigenvalue weighted by Crippen LogP contribution is 2.00. The summed E-state index contributed by atoms with van der Waals surface area (Å²) in [5, 5.41) is 13.3. The Kier molecular flexibility index (Phi) is 7.42. The lowest BCUT2D eigenvalue weighted by atomic mass is 10.1. The van der Waals surface area contributed by atoms with Crippen LogP contribution >= 0.6 is 0 Å². The van der Waals surface area contributed by atoms with Crippen LogP contribution in [0.25, 0.3) is 0 Å². The molecule has 0 fully saturated rings. The number of rotatable bonds is 7. The molecule has 6 nitrogen and oxygen atoms in total. The molecule has 0 aromatic heterocycles. The van der Waals surface area contributed by atoms with Crippen LogP contribution in [0.2, 0.25) is 0 Å². The smallest absolute Gasteiger partial charge is 0.305 e. The number of carbonyl (C=O) groups is 3. The highest BCUT2D eigenvalue weighted by Gasteiger charge is 2.21. The van der Waals surface area contributed by atoms with Gasteiger partial charge in [0.1, 0.15) is 6.04 Å². The zero-order valence-electron chi connectivity index (χ0n) is 10.9. The molecule has 0 aliphatic rings.